The van der Waals surface area contributed by atoms with Gasteiger partial charge in [-0.15, -0.1) is 0 Å². The number of esters is 3. The van der Waals surface area contributed by atoms with E-state index in [9.17, 15) is 14.4 Å². The summed E-state index contributed by atoms with van der Waals surface area (Å²) in [7, 11) is 0. The summed E-state index contributed by atoms with van der Waals surface area (Å²) >= 11 is 0. The highest BCUT2D eigenvalue weighted by molar-refractivity contribution is 5.71. The van der Waals surface area contributed by atoms with Gasteiger partial charge in [-0.3, -0.25) is 14.4 Å². The maximum atomic E-state index is 12.7. The van der Waals surface area contributed by atoms with Gasteiger partial charge < -0.3 is 14.2 Å². The van der Waals surface area contributed by atoms with Crippen molar-refractivity contribution in [2.75, 3.05) is 13.2 Å². The Balaban J connectivity index is 4.66. The van der Waals surface area contributed by atoms with Gasteiger partial charge in [0.15, 0.2) is 6.10 Å². The molecular weight excluding hydrogens is 733 g/mol. The third-order valence-electron chi connectivity index (χ3n) is 8.43. The normalized spacial score (nSPS) is 13.5. The van der Waals surface area contributed by atoms with E-state index in [-0.39, 0.29) is 50.4 Å². The summed E-state index contributed by atoms with van der Waals surface area (Å²) in [5.41, 5.74) is 0. The first kappa shape index (κ1) is 54.3. The Hall–Kier alpha value is -4.71. The summed E-state index contributed by atoms with van der Waals surface area (Å²) in [5, 5.41) is 0. The average Bonchev–Trinajstić information content (AvgIpc) is 3.23. The topological polar surface area (TPSA) is 78.9 Å². The van der Waals surface area contributed by atoms with Crippen molar-refractivity contribution in [3.63, 3.8) is 0 Å². The van der Waals surface area contributed by atoms with Crippen LogP contribution in [0.25, 0.3) is 0 Å². The van der Waals surface area contributed by atoms with Crippen molar-refractivity contribution in [1.82, 2.24) is 0 Å². The first-order chi connectivity index (χ1) is 29.0. The molecule has 0 aromatic rings. The highest BCUT2D eigenvalue weighted by Crippen LogP contribution is 2.09. The second-order valence-corrected chi connectivity index (χ2v) is 13.9. The second kappa shape index (κ2) is 46.0. The predicted molar refractivity (Wildman–Crippen MR) is 251 cm³/mol. The Kier molecular flexibility index (Phi) is 42.3. The van der Waals surface area contributed by atoms with E-state index in [1.807, 2.05) is 48.6 Å². The molecule has 0 spiro atoms. The van der Waals surface area contributed by atoms with Crippen LogP contribution >= 0.6 is 0 Å². The molecule has 0 aromatic heterocycles. The van der Waals surface area contributed by atoms with Gasteiger partial charge in [0.05, 0.1) is 0 Å². The zero-order valence-corrected chi connectivity index (χ0v) is 36.9. The van der Waals surface area contributed by atoms with E-state index in [0.29, 0.717) is 19.3 Å². The zero-order chi connectivity index (χ0) is 43.0. The Labute approximate surface area is 359 Å². The first-order valence-electron chi connectivity index (χ1n) is 22.4. The van der Waals surface area contributed by atoms with Crippen LogP contribution in [0.4, 0.5) is 0 Å². The van der Waals surface area contributed by atoms with E-state index in [1.54, 1.807) is 0 Å². The number of allylic oxidation sites excluding steroid dienone is 24. The summed E-state index contributed by atoms with van der Waals surface area (Å²) in [6, 6.07) is 0. The molecule has 0 aliphatic heterocycles. The largest absolute Gasteiger partial charge is 0.462 e. The fourth-order valence-electron chi connectivity index (χ4n) is 5.16. The highest BCUT2D eigenvalue weighted by Gasteiger charge is 2.19. The summed E-state index contributed by atoms with van der Waals surface area (Å²) in [6.07, 6.45) is 65.6. The van der Waals surface area contributed by atoms with E-state index in [2.05, 4.69) is 118 Å². The summed E-state index contributed by atoms with van der Waals surface area (Å²) in [4.78, 5) is 37.7. The molecule has 0 heterocycles. The van der Waals surface area contributed by atoms with Crippen molar-refractivity contribution in [3.05, 3.63) is 146 Å². The van der Waals surface area contributed by atoms with E-state index in [1.165, 1.54) is 0 Å². The van der Waals surface area contributed by atoms with Gasteiger partial charge in [0.2, 0.25) is 0 Å². The summed E-state index contributed by atoms with van der Waals surface area (Å²) < 4.78 is 16.6. The molecule has 1 unspecified atom stereocenters. The minimum absolute atomic E-state index is 0.144. The zero-order valence-electron chi connectivity index (χ0n) is 36.9. The van der Waals surface area contributed by atoms with Gasteiger partial charge in [0.25, 0.3) is 0 Å². The third kappa shape index (κ3) is 44.2. The quantitative estimate of drug-likeness (QED) is 0.0204. The molecule has 6 heteroatoms. The Bertz CT molecular complexity index is 1390. The van der Waals surface area contributed by atoms with Crippen molar-refractivity contribution in [3.8, 4) is 0 Å². The van der Waals surface area contributed by atoms with Gasteiger partial charge >= 0.3 is 17.9 Å². The van der Waals surface area contributed by atoms with Crippen molar-refractivity contribution < 1.29 is 28.6 Å². The predicted octanol–water partition coefficient (Wildman–Crippen LogP) is 14.5. The molecule has 0 N–H and O–H groups in total. The molecule has 0 saturated carbocycles. The number of rotatable bonds is 37. The van der Waals surface area contributed by atoms with E-state index in [0.717, 1.165) is 89.9 Å². The van der Waals surface area contributed by atoms with Crippen molar-refractivity contribution in [2.24, 2.45) is 0 Å². The second-order valence-electron chi connectivity index (χ2n) is 13.9. The van der Waals surface area contributed by atoms with Gasteiger partial charge in [-0.05, 0) is 103 Å². The lowest BCUT2D eigenvalue weighted by Gasteiger charge is -2.18. The van der Waals surface area contributed by atoms with Crippen LogP contribution in [0.3, 0.4) is 0 Å². The smallest absolute Gasteiger partial charge is 0.306 e. The molecule has 0 rings (SSSR count). The van der Waals surface area contributed by atoms with Gasteiger partial charge in [0.1, 0.15) is 13.2 Å². The minimum Gasteiger partial charge on any atom is -0.462 e. The monoisotopic (exact) mass is 811 g/mol. The third-order valence-corrected chi connectivity index (χ3v) is 8.43. The van der Waals surface area contributed by atoms with Gasteiger partial charge in [0, 0.05) is 19.3 Å². The Morgan fingerprint density at radius 2 is 0.729 bits per heavy atom. The van der Waals surface area contributed by atoms with Crippen LogP contribution in [0, 0.1) is 0 Å². The summed E-state index contributed by atoms with van der Waals surface area (Å²) in [5.74, 6) is -1.13. The van der Waals surface area contributed by atoms with Crippen LogP contribution < -0.4 is 0 Å². The minimum atomic E-state index is -0.848. The lowest BCUT2D eigenvalue weighted by molar-refractivity contribution is -0.166. The highest BCUT2D eigenvalue weighted by atomic mass is 16.6. The van der Waals surface area contributed by atoms with Gasteiger partial charge in [-0.25, -0.2) is 0 Å². The maximum Gasteiger partial charge on any atom is 0.306 e. The number of carbonyl (C=O) groups is 3. The molecule has 59 heavy (non-hydrogen) atoms. The van der Waals surface area contributed by atoms with Crippen molar-refractivity contribution in [2.45, 2.75) is 155 Å². The molecular formula is C53H78O6. The van der Waals surface area contributed by atoms with Crippen LogP contribution in [0.1, 0.15) is 149 Å². The van der Waals surface area contributed by atoms with E-state index < -0.39 is 6.10 Å². The average molecular weight is 811 g/mol. The van der Waals surface area contributed by atoms with E-state index >= 15 is 0 Å². The van der Waals surface area contributed by atoms with E-state index in [4.69, 9.17) is 14.2 Å². The van der Waals surface area contributed by atoms with Crippen LogP contribution in [0.2, 0.25) is 0 Å². The molecule has 0 bridgehead atoms. The van der Waals surface area contributed by atoms with Crippen LogP contribution in [-0.4, -0.2) is 37.2 Å². The molecule has 326 valence electrons. The fourth-order valence-corrected chi connectivity index (χ4v) is 5.16. The number of ether oxygens (including phenoxy) is 3. The fraction of sp³-hybridized carbons (Fsp3) is 0.491. The van der Waals surface area contributed by atoms with Crippen LogP contribution in [0.15, 0.2) is 146 Å². The number of hydrogen-bond donors (Lipinski definition) is 0. The standard InChI is InChI=1S/C53H78O6/c1-4-7-10-13-16-19-22-25-26-27-29-31-34-37-40-43-46-52(55)58-49-50(48-57-51(54)45-42-39-36-33-30-24-21-18-15-12-9-6-3)59-53(56)47-44-41-38-35-32-28-23-20-17-14-11-8-5-2/h7-12,14,16-21,23,25-26,28-33,37,40,50H,4-6,13,15,22,24,27,34-36,38-39,41-49H2,1-3H3/b10-7-,11-8-,12-9-,17-14-,19-16-,21-18-,23-20-,26-25-,31-29-,32-28-,33-30-,40-37-. The maximum absolute atomic E-state index is 12.7. The molecule has 0 radical (unpaired) electrons. The lowest BCUT2D eigenvalue weighted by Crippen LogP contribution is -2.30. The molecule has 0 saturated heterocycles. The Morgan fingerprint density at radius 1 is 0.356 bits per heavy atom. The summed E-state index contributed by atoms with van der Waals surface area (Å²) in [6.45, 7) is 6.08. The molecule has 0 fully saturated rings. The first-order valence-corrected chi connectivity index (χ1v) is 22.4. The lowest BCUT2D eigenvalue weighted by atomic mass is 10.1. The molecule has 0 aliphatic carbocycles. The number of carbonyl (C=O) groups excluding carboxylic acids is 3. The molecule has 1 atom stereocenters. The molecule has 6 nitrogen and oxygen atoms in total. The number of unbranched alkanes of at least 4 members (excludes halogenated alkanes) is 5. The van der Waals surface area contributed by atoms with Gasteiger partial charge in [-0.1, -0.05) is 173 Å². The van der Waals surface area contributed by atoms with Crippen molar-refractivity contribution in [1.29, 1.82) is 0 Å². The molecule has 0 aliphatic rings. The van der Waals surface area contributed by atoms with Crippen molar-refractivity contribution >= 4 is 17.9 Å². The molecule has 0 amide bonds. The van der Waals surface area contributed by atoms with Crippen LogP contribution in [0.5, 0.6) is 0 Å². The number of hydrogen-bond acceptors (Lipinski definition) is 6. The molecule has 0 aromatic carbocycles. The SMILES string of the molecule is CC\C=C/C=C\C=C/C=C\CCCCCC(=O)OC(COC(=O)CC/C=C\C/C=C\C/C=C\C/C=C\C/C=C\CC)COC(=O)CCCC/C=C\C/C=C\C/C=C\CC. The van der Waals surface area contributed by atoms with Gasteiger partial charge in [-0.2, -0.15) is 0 Å². The van der Waals surface area contributed by atoms with Crippen LogP contribution in [-0.2, 0) is 28.6 Å². The Morgan fingerprint density at radius 3 is 1.25 bits per heavy atom.